The highest BCUT2D eigenvalue weighted by molar-refractivity contribution is 5.80. The number of carbonyl (C=O) groups is 1. The molecule has 0 bridgehead atoms. The van der Waals surface area contributed by atoms with Crippen LogP contribution in [-0.2, 0) is 4.79 Å². The summed E-state index contributed by atoms with van der Waals surface area (Å²) in [5, 5.41) is 14.4. The summed E-state index contributed by atoms with van der Waals surface area (Å²) in [5.74, 6) is -0.0207. The Kier molecular flexibility index (Phi) is 3.59. The maximum Gasteiger partial charge on any atom is 0.307 e. The number of nitrogens with zero attached hydrogens (tertiary/aromatic N) is 4. The molecule has 1 atom stereocenters. The summed E-state index contributed by atoms with van der Waals surface area (Å²) < 4.78 is 1.36. The van der Waals surface area contributed by atoms with Crippen LogP contribution in [0.15, 0.2) is 12.4 Å². The van der Waals surface area contributed by atoms with Gasteiger partial charge in [0, 0.05) is 13.1 Å². The quantitative estimate of drug-likeness (QED) is 0.601. The van der Waals surface area contributed by atoms with Crippen LogP contribution in [0.2, 0.25) is 0 Å². The van der Waals surface area contributed by atoms with Gasteiger partial charge in [-0.15, -0.1) is 0 Å². The van der Waals surface area contributed by atoms with Gasteiger partial charge in [0.15, 0.2) is 0 Å². The maximum atomic E-state index is 12.2. The number of likely N-dealkylation sites (tertiary alicyclic amines) is 1. The number of hydrogen-bond donors (Lipinski definition) is 0. The molecule has 1 aliphatic heterocycles. The van der Waals surface area contributed by atoms with E-state index in [0.29, 0.717) is 0 Å². The molecular weight excluding hydrogens is 236 g/mol. The Morgan fingerprint density at radius 2 is 2.11 bits per heavy atom. The first-order chi connectivity index (χ1) is 8.59. The molecule has 2 rings (SSSR count). The van der Waals surface area contributed by atoms with Gasteiger partial charge in [0.2, 0.25) is 5.91 Å². The minimum absolute atomic E-state index is 0.0207. The van der Waals surface area contributed by atoms with Gasteiger partial charge in [-0.3, -0.25) is 19.6 Å². The highest BCUT2D eigenvalue weighted by Crippen LogP contribution is 2.17. The van der Waals surface area contributed by atoms with Crippen LogP contribution in [0.1, 0.15) is 32.2 Å². The molecule has 1 fully saturated rings. The Morgan fingerprint density at radius 3 is 2.67 bits per heavy atom. The minimum Gasteiger partial charge on any atom is -0.341 e. The molecule has 7 nitrogen and oxygen atoms in total. The number of rotatable bonds is 3. The van der Waals surface area contributed by atoms with Crippen molar-refractivity contribution in [3.63, 3.8) is 0 Å². The highest BCUT2D eigenvalue weighted by atomic mass is 16.6. The number of carbonyl (C=O) groups excluding carboxylic acids is 1. The van der Waals surface area contributed by atoms with Gasteiger partial charge in [-0.2, -0.15) is 5.10 Å². The molecule has 18 heavy (non-hydrogen) atoms. The second-order valence-electron chi connectivity index (χ2n) is 4.50. The van der Waals surface area contributed by atoms with E-state index >= 15 is 0 Å². The second kappa shape index (κ2) is 5.16. The van der Waals surface area contributed by atoms with Crippen LogP contribution >= 0.6 is 0 Å². The lowest BCUT2D eigenvalue weighted by Crippen LogP contribution is -2.39. The first-order valence-electron chi connectivity index (χ1n) is 6.07. The smallest absolute Gasteiger partial charge is 0.307 e. The zero-order chi connectivity index (χ0) is 13.1. The van der Waals surface area contributed by atoms with Gasteiger partial charge in [-0.1, -0.05) is 0 Å². The zero-order valence-electron chi connectivity index (χ0n) is 10.3. The molecular formula is C11H16N4O3. The lowest BCUT2D eigenvalue weighted by molar-refractivity contribution is -0.385. The van der Waals surface area contributed by atoms with E-state index in [9.17, 15) is 14.9 Å². The van der Waals surface area contributed by atoms with E-state index in [-0.39, 0.29) is 11.6 Å². The largest absolute Gasteiger partial charge is 0.341 e. The van der Waals surface area contributed by atoms with Gasteiger partial charge in [-0.25, -0.2) is 0 Å². The Hall–Kier alpha value is -1.92. The summed E-state index contributed by atoms with van der Waals surface area (Å²) in [5.41, 5.74) is -0.0895. The van der Waals surface area contributed by atoms with Gasteiger partial charge < -0.3 is 4.90 Å². The lowest BCUT2D eigenvalue weighted by Gasteiger charge is -2.29. The Bertz CT molecular complexity index is 451. The summed E-state index contributed by atoms with van der Waals surface area (Å²) in [4.78, 5) is 24.0. The molecule has 1 aliphatic rings. The molecule has 0 aromatic carbocycles. The Balaban J connectivity index is 2.06. The normalized spacial score (nSPS) is 17.5. The second-order valence-corrected chi connectivity index (χ2v) is 4.50. The van der Waals surface area contributed by atoms with Crippen molar-refractivity contribution in [3.8, 4) is 0 Å². The molecule has 0 radical (unpaired) electrons. The van der Waals surface area contributed by atoms with Gasteiger partial charge in [0.25, 0.3) is 0 Å². The molecule has 1 unspecified atom stereocenters. The van der Waals surface area contributed by atoms with Crippen LogP contribution in [-0.4, -0.2) is 38.6 Å². The van der Waals surface area contributed by atoms with E-state index in [4.69, 9.17) is 0 Å². The standard InChI is InChI=1S/C11H16N4O3/c1-9(11(16)13-5-3-2-4-6-13)14-8-10(7-12-14)15(17)18/h7-9H,2-6H2,1H3. The van der Waals surface area contributed by atoms with Crippen LogP contribution in [0.5, 0.6) is 0 Å². The Morgan fingerprint density at radius 1 is 1.44 bits per heavy atom. The zero-order valence-corrected chi connectivity index (χ0v) is 10.3. The SMILES string of the molecule is CC(C(=O)N1CCCCC1)n1cc([N+](=O)[O-])cn1. The summed E-state index contributed by atoms with van der Waals surface area (Å²) in [6, 6.07) is -0.489. The summed E-state index contributed by atoms with van der Waals surface area (Å²) in [7, 11) is 0. The number of aromatic nitrogens is 2. The topological polar surface area (TPSA) is 81.3 Å². The third-order valence-corrected chi connectivity index (χ3v) is 3.22. The van der Waals surface area contributed by atoms with Crippen molar-refractivity contribution in [3.05, 3.63) is 22.5 Å². The molecule has 0 saturated carbocycles. The van der Waals surface area contributed by atoms with E-state index in [1.165, 1.54) is 17.1 Å². The predicted molar refractivity (Wildman–Crippen MR) is 64.0 cm³/mol. The summed E-state index contributed by atoms with van der Waals surface area (Å²) in [6.07, 6.45) is 5.67. The molecule has 1 saturated heterocycles. The molecule has 0 spiro atoms. The van der Waals surface area contributed by atoms with Gasteiger partial charge in [0.1, 0.15) is 18.4 Å². The number of amides is 1. The van der Waals surface area contributed by atoms with Crippen molar-refractivity contribution in [2.75, 3.05) is 13.1 Å². The number of hydrogen-bond acceptors (Lipinski definition) is 4. The fourth-order valence-corrected chi connectivity index (χ4v) is 2.13. The predicted octanol–water partition coefficient (Wildman–Crippen LogP) is 1.36. The van der Waals surface area contributed by atoms with E-state index < -0.39 is 11.0 Å². The fourth-order valence-electron chi connectivity index (χ4n) is 2.13. The van der Waals surface area contributed by atoms with Gasteiger partial charge >= 0.3 is 5.69 Å². The highest BCUT2D eigenvalue weighted by Gasteiger charge is 2.25. The first-order valence-corrected chi connectivity index (χ1v) is 6.07. The average Bonchev–Trinajstić information content (AvgIpc) is 2.88. The van der Waals surface area contributed by atoms with Crippen molar-refractivity contribution in [2.45, 2.75) is 32.2 Å². The molecule has 0 N–H and O–H groups in total. The fraction of sp³-hybridized carbons (Fsp3) is 0.636. The molecule has 0 aliphatic carbocycles. The van der Waals surface area contributed by atoms with Crippen LogP contribution in [0.3, 0.4) is 0 Å². The molecule has 1 aromatic rings. The van der Waals surface area contributed by atoms with E-state index in [1.807, 2.05) is 4.90 Å². The average molecular weight is 252 g/mol. The van der Waals surface area contributed by atoms with E-state index in [1.54, 1.807) is 6.92 Å². The maximum absolute atomic E-state index is 12.2. The monoisotopic (exact) mass is 252 g/mol. The Labute approximate surface area is 105 Å². The first kappa shape index (κ1) is 12.5. The third kappa shape index (κ3) is 2.49. The minimum atomic E-state index is -0.512. The van der Waals surface area contributed by atoms with Crippen LogP contribution in [0, 0.1) is 10.1 Å². The molecule has 1 amide bonds. The van der Waals surface area contributed by atoms with Crippen molar-refractivity contribution in [2.24, 2.45) is 0 Å². The van der Waals surface area contributed by atoms with E-state index in [2.05, 4.69) is 5.10 Å². The van der Waals surface area contributed by atoms with Crippen molar-refractivity contribution >= 4 is 11.6 Å². The van der Waals surface area contributed by atoms with Crippen LogP contribution in [0.4, 0.5) is 5.69 Å². The molecule has 2 heterocycles. The molecule has 1 aromatic heterocycles. The number of nitro groups is 1. The van der Waals surface area contributed by atoms with Crippen LogP contribution < -0.4 is 0 Å². The van der Waals surface area contributed by atoms with Crippen molar-refractivity contribution < 1.29 is 9.72 Å². The van der Waals surface area contributed by atoms with Gasteiger partial charge in [0.05, 0.1) is 4.92 Å². The summed E-state index contributed by atoms with van der Waals surface area (Å²) >= 11 is 0. The number of piperidine rings is 1. The third-order valence-electron chi connectivity index (χ3n) is 3.22. The van der Waals surface area contributed by atoms with Crippen molar-refractivity contribution in [1.82, 2.24) is 14.7 Å². The summed E-state index contributed by atoms with van der Waals surface area (Å²) in [6.45, 7) is 3.26. The molecule has 7 heteroatoms. The van der Waals surface area contributed by atoms with Crippen molar-refractivity contribution in [1.29, 1.82) is 0 Å². The van der Waals surface area contributed by atoms with Crippen LogP contribution in [0.25, 0.3) is 0 Å². The van der Waals surface area contributed by atoms with Gasteiger partial charge in [-0.05, 0) is 26.2 Å². The molecule has 98 valence electrons. The lowest BCUT2D eigenvalue weighted by atomic mass is 10.1. The van der Waals surface area contributed by atoms with E-state index in [0.717, 1.165) is 32.4 Å².